The first kappa shape index (κ1) is 10.6. The van der Waals surface area contributed by atoms with Crippen molar-refractivity contribution in [1.29, 1.82) is 0 Å². The molecule has 0 saturated carbocycles. The summed E-state index contributed by atoms with van der Waals surface area (Å²) in [6, 6.07) is 0. The Hall–Kier alpha value is -0.390. The largest absolute Gasteiger partial charge is 0.312 e. The van der Waals surface area contributed by atoms with Gasteiger partial charge >= 0.3 is 0 Å². The molecule has 0 aromatic heterocycles. The fourth-order valence-corrected chi connectivity index (χ4v) is 1.13. The van der Waals surface area contributed by atoms with Crippen LogP contribution in [0.1, 0.15) is 6.92 Å². The molecule has 0 unspecified atom stereocenters. The van der Waals surface area contributed by atoms with Gasteiger partial charge in [-0.3, -0.25) is 0 Å². The Morgan fingerprint density at radius 2 is 2.45 bits per heavy atom. The summed E-state index contributed by atoms with van der Waals surface area (Å²) in [5.41, 5.74) is 1.17. The molecule has 0 amide bonds. The van der Waals surface area contributed by atoms with E-state index in [9.17, 15) is 0 Å². The van der Waals surface area contributed by atoms with Crippen LogP contribution in [0.3, 0.4) is 0 Å². The number of hydrogen-bond acceptors (Lipinski definition) is 2. The van der Waals surface area contributed by atoms with Gasteiger partial charge in [0.15, 0.2) is 0 Å². The van der Waals surface area contributed by atoms with Crippen molar-refractivity contribution in [2.45, 2.75) is 6.92 Å². The summed E-state index contributed by atoms with van der Waals surface area (Å²) in [5.74, 6) is 4.48. The Labute approximate surface area is 73.6 Å². The van der Waals surface area contributed by atoms with E-state index >= 15 is 0 Å². The van der Waals surface area contributed by atoms with Gasteiger partial charge in [0.1, 0.15) is 0 Å². The molecule has 0 spiro atoms. The lowest BCUT2D eigenvalue weighted by Gasteiger charge is -2.01. The first-order valence-corrected chi connectivity index (χ1v) is 4.79. The Morgan fingerprint density at radius 1 is 1.73 bits per heavy atom. The van der Waals surface area contributed by atoms with Crippen molar-refractivity contribution in [3.8, 4) is 12.3 Å². The summed E-state index contributed by atoms with van der Waals surface area (Å²) in [5, 5.41) is 3.25. The molecule has 0 aromatic rings. The second-order valence-corrected chi connectivity index (χ2v) is 3.50. The normalized spacial score (nSPS) is 9.09. The van der Waals surface area contributed by atoms with E-state index < -0.39 is 0 Å². The van der Waals surface area contributed by atoms with E-state index in [0.717, 1.165) is 24.6 Å². The molecule has 0 fully saturated rings. The SMILES string of the molecule is C#CCSCCNCC(=C)C. The monoisotopic (exact) mass is 169 g/mol. The van der Waals surface area contributed by atoms with Crippen molar-refractivity contribution in [2.75, 3.05) is 24.6 Å². The van der Waals surface area contributed by atoms with Crippen molar-refractivity contribution < 1.29 is 0 Å². The zero-order chi connectivity index (χ0) is 8.53. The summed E-state index contributed by atoms with van der Waals surface area (Å²) in [4.78, 5) is 0. The van der Waals surface area contributed by atoms with Gasteiger partial charge in [0, 0.05) is 18.8 Å². The van der Waals surface area contributed by atoms with Crippen LogP contribution in [0.4, 0.5) is 0 Å². The number of terminal acetylenes is 1. The maximum absolute atomic E-state index is 5.09. The summed E-state index contributed by atoms with van der Waals surface area (Å²) >= 11 is 1.78. The maximum Gasteiger partial charge on any atom is 0.0545 e. The molecule has 0 aliphatic carbocycles. The quantitative estimate of drug-likeness (QED) is 0.367. The van der Waals surface area contributed by atoms with Gasteiger partial charge in [-0.15, -0.1) is 18.2 Å². The molecule has 11 heavy (non-hydrogen) atoms. The minimum Gasteiger partial charge on any atom is -0.312 e. The van der Waals surface area contributed by atoms with Crippen LogP contribution in [-0.2, 0) is 0 Å². The fraction of sp³-hybridized carbons (Fsp3) is 0.556. The Morgan fingerprint density at radius 3 is 3.00 bits per heavy atom. The highest BCUT2D eigenvalue weighted by Gasteiger charge is 1.87. The lowest BCUT2D eigenvalue weighted by Crippen LogP contribution is -2.18. The van der Waals surface area contributed by atoms with E-state index in [1.807, 2.05) is 6.92 Å². The molecule has 0 heterocycles. The van der Waals surface area contributed by atoms with Crippen LogP contribution < -0.4 is 5.32 Å². The first-order valence-electron chi connectivity index (χ1n) is 3.63. The van der Waals surface area contributed by atoms with Gasteiger partial charge in [0.05, 0.1) is 5.75 Å². The molecule has 0 aromatic carbocycles. The van der Waals surface area contributed by atoms with Gasteiger partial charge in [-0.05, 0) is 6.92 Å². The average molecular weight is 169 g/mol. The predicted molar refractivity (Wildman–Crippen MR) is 53.8 cm³/mol. The minimum atomic E-state index is 0.814. The lowest BCUT2D eigenvalue weighted by molar-refractivity contribution is 0.784. The molecule has 0 atom stereocenters. The third kappa shape index (κ3) is 9.61. The molecule has 0 bridgehead atoms. The Balaban J connectivity index is 2.92. The molecule has 1 N–H and O–H groups in total. The highest BCUT2D eigenvalue weighted by Crippen LogP contribution is 1.95. The van der Waals surface area contributed by atoms with E-state index in [4.69, 9.17) is 6.42 Å². The molecular formula is C9H15NS. The Kier molecular flexibility index (Phi) is 7.44. The number of hydrogen-bond donors (Lipinski definition) is 1. The number of rotatable bonds is 6. The molecular weight excluding hydrogens is 154 g/mol. The van der Waals surface area contributed by atoms with Crippen LogP contribution in [0, 0.1) is 12.3 Å². The van der Waals surface area contributed by atoms with Gasteiger partial charge in [0.25, 0.3) is 0 Å². The second-order valence-electron chi connectivity index (χ2n) is 2.39. The fourth-order valence-electron chi connectivity index (χ4n) is 0.577. The highest BCUT2D eigenvalue weighted by atomic mass is 32.2. The van der Waals surface area contributed by atoms with Crippen molar-refractivity contribution in [1.82, 2.24) is 5.32 Å². The van der Waals surface area contributed by atoms with E-state index in [2.05, 4.69) is 17.8 Å². The molecule has 0 aliphatic rings. The van der Waals surface area contributed by atoms with Crippen LogP contribution in [0.2, 0.25) is 0 Å². The van der Waals surface area contributed by atoms with E-state index in [1.54, 1.807) is 11.8 Å². The highest BCUT2D eigenvalue weighted by molar-refractivity contribution is 7.99. The second kappa shape index (κ2) is 7.71. The van der Waals surface area contributed by atoms with Crippen LogP contribution in [-0.4, -0.2) is 24.6 Å². The average Bonchev–Trinajstić information content (AvgIpc) is 1.96. The smallest absolute Gasteiger partial charge is 0.0545 e. The van der Waals surface area contributed by atoms with Crippen LogP contribution in [0.25, 0.3) is 0 Å². The maximum atomic E-state index is 5.09. The van der Waals surface area contributed by atoms with Crippen molar-refractivity contribution in [3.05, 3.63) is 12.2 Å². The topological polar surface area (TPSA) is 12.0 Å². The molecule has 0 rings (SSSR count). The molecule has 0 radical (unpaired) electrons. The predicted octanol–water partition coefficient (Wildman–Crippen LogP) is 1.52. The van der Waals surface area contributed by atoms with Gasteiger partial charge in [-0.1, -0.05) is 18.1 Å². The molecule has 0 aliphatic heterocycles. The summed E-state index contributed by atoms with van der Waals surface area (Å²) in [7, 11) is 0. The van der Waals surface area contributed by atoms with Crippen molar-refractivity contribution in [3.63, 3.8) is 0 Å². The van der Waals surface area contributed by atoms with Gasteiger partial charge in [-0.25, -0.2) is 0 Å². The molecule has 62 valence electrons. The molecule has 1 nitrogen and oxygen atoms in total. The van der Waals surface area contributed by atoms with Gasteiger partial charge in [-0.2, -0.15) is 0 Å². The first-order chi connectivity index (χ1) is 5.27. The van der Waals surface area contributed by atoms with Crippen LogP contribution >= 0.6 is 11.8 Å². The zero-order valence-corrected chi connectivity index (χ0v) is 7.84. The van der Waals surface area contributed by atoms with Crippen molar-refractivity contribution >= 4 is 11.8 Å². The van der Waals surface area contributed by atoms with E-state index in [0.29, 0.717) is 0 Å². The number of nitrogens with one attached hydrogen (secondary N) is 1. The molecule has 2 heteroatoms. The summed E-state index contributed by atoms with van der Waals surface area (Å²) in [6.07, 6.45) is 5.09. The van der Waals surface area contributed by atoms with Crippen LogP contribution in [0.15, 0.2) is 12.2 Å². The summed E-state index contributed by atoms with van der Waals surface area (Å²) in [6.45, 7) is 7.73. The zero-order valence-electron chi connectivity index (χ0n) is 7.02. The van der Waals surface area contributed by atoms with Crippen molar-refractivity contribution in [2.24, 2.45) is 0 Å². The van der Waals surface area contributed by atoms with E-state index in [-0.39, 0.29) is 0 Å². The minimum absolute atomic E-state index is 0.814. The lowest BCUT2D eigenvalue weighted by atomic mass is 10.3. The molecule has 0 saturated heterocycles. The van der Waals surface area contributed by atoms with E-state index in [1.165, 1.54) is 5.57 Å². The van der Waals surface area contributed by atoms with Crippen LogP contribution in [0.5, 0.6) is 0 Å². The van der Waals surface area contributed by atoms with Gasteiger partial charge in [0.2, 0.25) is 0 Å². The van der Waals surface area contributed by atoms with Gasteiger partial charge < -0.3 is 5.32 Å². The standard InChI is InChI=1S/C9H15NS/c1-4-6-11-7-5-10-8-9(2)3/h1,10H,2,5-8H2,3H3. The summed E-state index contributed by atoms with van der Waals surface area (Å²) < 4.78 is 0. The Bertz CT molecular complexity index is 146. The third-order valence-electron chi connectivity index (χ3n) is 1.04. The third-order valence-corrected chi connectivity index (χ3v) is 1.90. The number of thioether (sulfide) groups is 1.